The standard InChI is InChI=1S/C14H12IN3O/c1-17-13-5-3-2-4-11(13)12(16-17)9-18-8-10(15)6-7-14(18)19/h2-8H,9H2,1H3. The van der Waals surface area contributed by atoms with Crippen molar-refractivity contribution in [2.24, 2.45) is 7.05 Å². The van der Waals surface area contributed by atoms with Crippen LogP contribution in [0.25, 0.3) is 10.9 Å². The second-order valence-electron chi connectivity index (χ2n) is 4.40. The average Bonchev–Trinajstić information content (AvgIpc) is 2.72. The predicted molar refractivity (Wildman–Crippen MR) is 83.2 cm³/mol. The molecule has 0 aliphatic carbocycles. The zero-order chi connectivity index (χ0) is 13.4. The first-order chi connectivity index (χ1) is 9.15. The molecular formula is C14H12IN3O. The Balaban J connectivity index is 2.11. The van der Waals surface area contributed by atoms with Gasteiger partial charge in [-0.25, -0.2) is 0 Å². The van der Waals surface area contributed by atoms with Gasteiger partial charge in [0.05, 0.1) is 17.8 Å². The van der Waals surface area contributed by atoms with Crippen molar-refractivity contribution in [2.45, 2.75) is 6.54 Å². The highest BCUT2D eigenvalue weighted by molar-refractivity contribution is 14.1. The van der Waals surface area contributed by atoms with Gasteiger partial charge in [-0.15, -0.1) is 0 Å². The number of halogens is 1. The second-order valence-corrected chi connectivity index (χ2v) is 5.65. The molecule has 3 rings (SSSR count). The third kappa shape index (κ3) is 2.30. The van der Waals surface area contributed by atoms with Crippen molar-refractivity contribution in [3.05, 3.63) is 62.2 Å². The molecule has 0 saturated carbocycles. The number of benzene rings is 1. The molecule has 0 aliphatic rings. The van der Waals surface area contributed by atoms with Crippen LogP contribution >= 0.6 is 22.6 Å². The summed E-state index contributed by atoms with van der Waals surface area (Å²) in [6, 6.07) is 11.5. The van der Waals surface area contributed by atoms with Crippen LogP contribution in [0, 0.1) is 3.57 Å². The van der Waals surface area contributed by atoms with Crippen LogP contribution < -0.4 is 5.56 Å². The van der Waals surface area contributed by atoms with Gasteiger partial charge in [0, 0.05) is 28.3 Å². The number of aromatic nitrogens is 3. The molecule has 2 heterocycles. The summed E-state index contributed by atoms with van der Waals surface area (Å²) in [6.45, 7) is 0.497. The molecule has 2 aromatic heterocycles. The molecule has 0 bridgehead atoms. The summed E-state index contributed by atoms with van der Waals surface area (Å²) in [4.78, 5) is 11.8. The fourth-order valence-electron chi connectivity index (χ4n) is 2.19. The Hall–Kier alpha value is -1.63. The minimum Gasteiger partial charge on any atom is -0.308 e. The number of fused-ring (bicyclic) bond motifs is 1. The van der Waals surface area contributed by atoms with E-state index in [1.807, 2.05) is 48.3 Å². The Bertz CT molecular complexity index is 804. The fourth-order valence-corrected chi connectivity index (χ4v) is 2.71. The average molecular weight is 365 g/mol. The lowest BCUT2D eigenvalue weighted by atomic mass is 10.2. The molecule has 0 radical (unpaired) electrons. The zero-order valence-corrected chi connectivity index (χ0v) is 12.5. The summed E-state index contributed by atoms with van der Waals surface area (Å²) in [5, 5.41) is 5.60. The first-order valence-electron chi connectivity index (χ1n) is 5.92. The number of rotatable bonds is 2. The molecule has 1 aromatic carbocycles. The Labute approximate surface area is 123 Å². The summed E-state index contributed by atoms with van der Waals surface area (Å²) in [7, 11) is 1.92. The molecule has 0 fully saturated rings. The molecule has 96 valence electrons. The summed E-state index contributed by atoms with van der Waals surface area (Å²) < 4.78 is 4.58. The molecule has 19 heavy (non-hydrogen) atoms. The van der Waals surface area contributed by atoms with Crippen molar-refractivity contribution in [3.63, 3.8) is 0 Å². The molecule has 0 amide bonds. The first kappa shape index (κ1) is 12.4. The topological polar surface area (TPSA) is 39.8 Å². The van der Waals surface area contributed by atoms with Gasteiger partial charge in [-0.2, -0.15) is 5.10 Å². The lowest BCUT2D eigenvalue weighted by Gasteiger charge is -2.03. The zero-order valence-electron chi connectivity index (χ0n) is 10.4. The van der Waals surface area contributed by atoms with Crippen molar-refractivity contribution in [3.8, 4) is 0 Å². The molecule has 4 nitrogen and oxygen atoms in total. The molecule has 0 N–H and O–H groups in total. The summed E-state index contributed by atoms with van der Waals surface area (Å²) in [6.07, 6.45) is 1.85. The van der Waals surface area contributed by atoms with E-state index in [2.05, 4.69) is 27.7 Å². The molecule has 0 saturated heterocycles. The fraction of sp³-hybridized carbons (Fsp3) is 0.143. The SMILES string of the molecule is Cn1nc(Cn2cc(I)ccc2=O)c2ccccc21. The third-order valence-electron chi connectivity index (χ3n) is 3.10. The second kappa shape index (κ2) is 4.80. The van der Waals surface area contributed by atoms with Crippen LogP contribution in [-0.2, 0) is 13.6 Å². The Morgan fingerprint density at radius 3 is 2.84 bits per heavy atom. The summed E-state index contributed by atoms with van der Waals surface area (Å²) >= 11 is 2.20. The van der Waals surface area contributed by atoms with Crippen LogP contribution in [0.1, 0.15) is 5.69 Å². The monoisotopic (exact) mass is 365 g/mol. The Morgan fingerprint density at radius 2 is 2.00 bits per heavy atom. The van der Waals surface area contributed by atoms with Crippen molar-refractivity contribution in [1.82, 2.24) is 14.3 Å². The van der Waals surface area contributed by atoms with Crippen LogP contribution in [0.4, 0.5) is 0 Å². The van der Waals surface area contributed by atoms with Gasteiger partial charge in [-0.3, -0.25) is 9.48 Å². The summed E-state index contributed by atoms with van der Waals surface area (Å²) in [5.41, 5.74) is 1.99. The largest absolute Gasteiger partial charge is 0.308 e. The van der Waals surface area contributed by atoms with Crippen LogP contribution in [0.15, 0.2) is 47.4 Å². The number of hydrogen-bond acceptors (Lipinski definition) is 2. The van der Waals surface area contributed by atoms with Gasteiger partial charge in [0.1, 0.15) is 0 Å². The Morgan fingerprint density at radius 1 is 1.21 bits per heavy atom. The van der Waals surface area contributed by atoms with Crippen molar-refractivity contribution in [1.29, 1.82) is 0 Å². The molecule has 5 heteroatoms. The molecule has 0 atom stereocenters. The van der Waals surface area contributed by atoms with Crippen LogP contribution in [-0.4, -0.2) is 14.3 Å². The lowest BCUT2D eigenvalue weighted by Crippen LogP contribution is -2.19. The molecular weight excluding hydrogens is 353 g/mol. The number of pyridine rings is 1. The minimum atomic E-state index is -0.00449. The first-order valence-corrected chi connectivity index (χ1v) is 6.99. The maximum atomic E-state index is 11.8. The number of hydrogen-bond donors (Lipinski definition) is 0. The van der Waals surface area contributed by atoms with Gasteiger partial charge < -0.3 is 4.57 Å². The van der Waals surface area contributed by atoms with Gasteiger partial charge in [-0.1, -0.05) is 18.2 Å². The third-order valence-corrected chi connectivity index (χ3v) is 3.74. The molecule has 0 unspecified atom stereocenters. The normalized spacial score (nSPS) is 11.1. The van der Waals surface area contributed by atoms with Crippen molar-refractivity contribution < 1.29 is 0 Å². The van der Waals surface area contributed by atoms with E-state index in [9.17, 15) is 4.79 Å². The lowest BCUT2D eigenvalue weighted by molar-refractivity contribution is 0.700. The van der Waals surface area contributed by atoms with Gasteiger partial charge in [0.25, 0.3) is 5.56 Å². The van der Waals surface area contributed by atoms with E-state index in [1.54, 1.807) is 10.6 Å². The van der Waals surface area contributed by atoms with E-state index in [0.717, 1.165) is 20.2 Å². The van der Waals surface area contributed by atoms with Crippen molar-refractivity contribution >= 4 is 33.5 Å². The number of aryl methyl sites for hydroxylation is 1. The van der Waals surface area contributed by atoms with Gasteiger partial charge in [-0.05, 0) is 34.7 Å². The van der Waals surface area contributed by atoms with Crippen molar-refractivity contribution in [2.75, 3.05) is 0 Å². The van der Waals surface area contributed by atoms with E-state index in [0.29, 0.717) is 6.54 Å². The maximum absolute atomic E-state index is 11.8. The van der Waals surface area contributed by atoms with Crippen LogP contribution in [0.5, 0.6) is 0 Å². The highest BCUT2D eigenvalue weighted by Crippen LogP contribution is 2.18. The van der Waals surface area contributed by atoms with Crippen LogP contribution in [0.2, 0.25) is 0 Å². The minimum absolute atomic E-state index is 0.00449. The van der Waals surface area contributed by atoms with Gasteiger partial charge in [0.15, 0.2) is 0 Å². The van der Waals surface area contributed by atoms with Gasteiger partial charge >= 0.3 is 0 Å². The predicted octanol–water partition coefficient (Wildman–Crippen LogP) is 2.39. The summed E-state index contributed by atoms with van der Waals surface area (Å²) in [5.74, 6) is 0. The number of para-hydroxylation sites is 1. The van der Waals surface area contributed by atoms with Gasteiger partial charge in [0.2, 0.25) is 0 Å². The van der Waals surface area contributed by atoms with E-state index >= 15 is 0 Å². The number of nitrogens with zero attached hydrogens (tertiary/aromatic N) is 3. The highest BCUT2D eigenvalue weighted by atomic mass is 127. The van der Waals surface area contributed by atoms with E-state index in [1.165, 1.54) is 0 Å². The van der Waals surface area contributed by atoms with E-state index in [-0.39, 0.29) is 5.56 Å². The molecule has 0 aliphatic heterocycles. The smallest absolute Gasteiger partial charge is 0.250 e. The molecule has 0 spiro atoms. The maximum Gasteiger partial charge on any atom is 0.250 e. The quantitative estimate of drug-likeness (QED) is 0.655. The van der Waals surface area contributed by atoms with E-state index in [4.69, 9.17) is 0 Å². The highest BCUT2D eigenvalue weighted by Gasteiger charge is 2.09. The van der Waals surface area contributed by atoms with E-state index < -0.39 is 0 Å². The Kier molecular flexibility index (Phi) is 3.14. The van der Waals surface area contributed by atoms with Crippen LogP contribution in [0.3, 0.4) is 0 Å². The molecule has 3 aromatic rings.